The van der Waals surface area contributed by atoms with Crippen LogP contribution in [0.3, 0.4) is 0 Å². The first kappa shape index (κ1) is 12.4. The Morgan fingerprint density at radius 2 is 1.56 bits per heavy atom. The minimum Gasteiger partial charge on any atom is -0.306 e. The topological polar surface area (TPSA) is 6.48 Å². The van der Waals surface area contributed by atoms with Gasteiger partial charge in [0.05, 0.1) is 0 Å². The second kappa shape index (κ2) is 3.46. The Hall–Kier alpha value is -0.0800. The average molecular weight is 224 g/mol. The van der Waals surface area contributed by atoms with Gasteiger partial charge in [0, 0.05) is 23.0 Å². The molecule has 16 heavy (non-hydrogen) atoms. The highest BCUT2D eigenvalue weighted by Gasteiger charge is 2.57. The van der Waals surface area contributed by atoms with E-state index in [1.165, 1.54) is 32.5 Å². The molecular formula is C14H28N2. The minimum absolute atomic E-state index is 0.300. The summed E-state index contributed by atoms with van der Waals surface area (Å²) in [7, 11) is 2.27. The van der Waals surface area contributed by atoms with Crippen LogP contribution in [-0.4, -0.2) is 47.6 Å². The molecule has 2 saturated heterocycles. The van der Waals surface area contributed by atoms with Gasteiger partial charge in [0.1, 0.15) is 0 Å². The molecule has 2 rings (SSSR count). The van der Waals surface area contributed by atoms with Gasteiger partial charge in [-0.1, -0.05) is 0 Å². The van der Waals surface area contributed by atoms with E-state index in [1.807, 2.05) is 0 Å². The fraction of sp³-hybridized carbons (Fsp3) is 1.00. The number of nitrogens with zero attached hydrogens (tertiary/aromatic N) is 2. The number of hydrogen-bond donors (Lipinski definition) is 0. The van der Waals surface area contributed by atoms with E-state index in [1.54, 1.807) is 0 Å². The van der Waals surface area contributed by atoms with Gasteiger partial charge in [0.15, 0.2) is 0 Å². The van der Waals surface area contributed by atoms with E-state index >= 15 is 0 Å². The van der Waals surface area contributed by atoms with Crippen LogP contribution in [0.15, 0.2) is 0 Å². The molecule has 2 fully saturated rings. The molecule has 94 valence electrons. The maximum atomic E-state index is 2.72. The van der Waals surface area contributed by atoms with Crippen molar-refractivity contribution in [1.29, 1.82) is 0 Å². The van der Waals surface area contributed by atoms with Crippen LogP contribution in [0.5, 0.6) is 0 Å². The molecule has 0 aromatic heterocycles. The van der Waals surface area contributed by atoms with Gasteiger partial charge >= 0.3 is 0 Å². The third-order valence-corrected chi connectivity index (χ3v) is 5.14. The van der Waals surface area contributed by atoms with Gasteiger partial charge in [-0.2, -0.15) is 0 Å². The predicted octanol–water partition coefficient (Wildman–Crippen LogP) is 2.59. The molecule has 0 radical (unpaired) electrons. The maximum Gasteiger partial charge on any atom is 0.0227 e. The first-order valence-corrected chi connectivity index (χ1v) is 6.65. The third-order valence-electron chi connectivity index (χ3n) is 5.14. The molecule has 0 saturated carbocycles. The molecule has 0 N–H and O–H groups in total. The monoisotopic (exact) mass is 224 g/mol. The molecule has 1 atom stereocenters. The Labute approximate surface area is 101 Å². The quantitative estimate of drug-likeness (QED) is 0.624. The number of rotatable bonds is 0. The van der Waals surface area contributed by atoms with E-state index in [2.05, 4.69) is 51.5 Å². The first-order chi connectivity index (χ1) is 7.19. The van der Waals surface area contributed by atoms with Crippen molar-refractivity contribution in [2.75, 3.05) is 26.7 Å². The third kappa shape index (κ3) is 1.62. The summed E-state index contributed by atoms with van der Waals surface area (Å²) >= 11 is 0. The molecule has 0 aromatic carbocycles. The van der Waals surface area contributed by atoms with Crippen molar-refractivity contribution in [3.05, 3.63) is 0 Å². The van der Waals surface area contributed by atoms with Crippen LogP contribution in [0.4, 0.5) is 0 Å². The summed E-state index contributed by atoms with van der Waals surface area (Å²) in [6.07, 6.45) is 2.75. The Morgan fingerprint density at radius 3 is 1.94 bits per heavy atom. The van der Waals surface area contributed by atoms with Crippen LogP contribution in [0, 0.1) is 5.41 Å². The highest BCUT2D eigenvalue weighted by atomic mass is 15.3. The Morgan fingerprint density at radius 1 is 1.00 bits per heavy atom. The molecule has 2 aliphatic rings. The van der Waals surface area contributed by atoms with Gasteiger partial charge in [-0.05, 0) is 67.6 Å². The summed E-state index contributed by atoms with van der Waals surface area (Å²) in [5.74, 6) is 0. The summed E-state index contributed by atoms with van der Waals surface area (Å²) in [6.45, 7) is 15.8. The summed E-state index contributed by atoms with van der Waals surface area (Å²) in [4.78, 5) is 5.23. The Bertz CT molecular complexity index is 277. The molecule has 1 spiro atoms. The van der Waals surface area contributed by atoms with E-state index in [0.717, 1.165) is 0 Å². The lowest BCUT2D eigenvalue weighted by molar-refractivity contribution is 0.0104. The zero-order valence-corrected chi connectivity index (χ0v) is 11.9. The van der Waals surface area contributed by atoms with Crippen molar-refractivity contribution >= 4 is 0 Å². The van der Waals surface area contributed by atoms with Crippen molar-refractivity contribution in [2.45, 2.75) is 58.5 Å². The lowest BCUT2D eigenvalue weighted by Gasteiger charge is -2.48. The van der Waals surface area contributed by atoms with E-state index in [9.17, 15) is 0 Å². The fourth-order valence-corrected chi connectivity index (χ4v) is 4.15. The molecule has 0 aliphatic carbocycles. The summed E-state index contributed by atoms with van der Waals surface area (Å²) in [5, 5.41) is 0. The lowest BCUT2D eigenvalue weighted by Crippen LogP contribution is -2.56. The molecule has 0 bridgehead atoms. The largest absolute Gasteiger partial charge is 0.306 e. The smallest absolute Gasteiger partial charge is 0.0227 e. The highest BCUT2D eigenvalue weighted by molar-refractivity contribution is 5.12. The second-order valence-corrected chi connectivity index (χ2v) is 7.40. The minimum atomic E-state index is 0.300. The first-order valence-electron chi connectivity index (χ1n) is 6.65. The van der Waals surface area contributed by atoms with E-state index in [0.29, 0.717) is 16.5 Å². The van der Waals surface area contributed by atoms with Crippen molar-refractivity contribution in [1.82, 2.24) is 9.80 Å². The van der Waals surface area contributed by atoms with Crippen LogP contribution in [0.1, 0.15) is 47.5 Å². The number of hydrogen-bond acceptors (Lipinski definition) is 2. The number of likely N-dealkylation sites (tertiary alicyclic amines) is 2. The van der Waals surface area contributed by atoms with Gasteiger partial charge in [0.2, 0.25) is 0 Å². The Kier molecular flexibility index (Phi) is 2.67. The molecule has 1 unspecified atom stereocenters. The van der Waals surface area contributed by atoms with Crippen LogP contribution in [0.2, 0.25) is 0 Å². The van der Waals surface area contributed by atoms with Gasteiger partial charge in [-0.15, -0.1) is 0 Å². The van der Waals surface area contributed by atoms with Gasteiger partial charge in [-0.25, -0.2) is 0 Å². The zero-order chi connectivity index (χ0) is 12.2. The Balaban J connectivity index is 2.27. The van der Waals surface area contributed by atoms with E-state index in [-0.39, 0.29) is 0 Å². The molecule has 2 aliphatic heterocycles. The van der Waals surface area contributed by atoms with Crippen LogP contribution in [0.25, 0.3) is 0 Å². The normalized spacial score (nSPS) is 36.4. The molecule has 0 aromatic rings. The molecule has 2 heteroatoms. The molecule has 2 heterocycles. The lowest BCUT2D eigenvalue weighted by atomic mass is 9.70. The molecule has 0 amide bonds. The van der Waals surface area contributed by atoms with Gasteiger partial charge in [-0.3, -0.25) is 4.90 Å². The molecular weight excluding hydrogens is 196 g/mol. The zero-order valence-electron chi connectivity index (χ0n) is 11.9. The van der Waals surface area contributed by atoms with Gasteiger partial charge < -0.3 is 4.90 Å². The average Bonchev–Trinajstić information content (AvgIpc) is 2.56. The van der Waals surface area contributed by atoms with E-state index in [4.69, 9.17) is 0 Å². The van der Waals surface area contributed by atoms with Crippen LogP contribution in [-0.2, 0) is 0 Å². The second-order valence-electron chi connectivity index (χ2n) is 7.40. The molecule has 2 nitrogen and oxygen atoms in total. The van der Waals surface area contributed by atoms with Crippen LogP contribution >= 0.6 is 0 Å². The summed E-state index contributed by atoms with van der Waals surface area (Å²) < 4.78 is 0. The van der Waals surface area contributed by atoms with Crippen molar-refractivity contribution in [2.24, 2.45) is 5.41 Å². The summed E-state index contributed by atoms with van der Waals surface area (Å²) in [5.41, 5.74) is 1.18. The van der Waals surface area contributed by atoms with Crippen molar-refractivity contribution in [3.63, 3.8) is 0 Å². The SMILES string of the molecule is CN1CCC2(CCN(C(C)(C)C)C2(C)C)C1. The fourth-order valence-electron chi connectivity index (χ4n) is 4.15. The van der Waals surface area contributed by atoms with Crippen molar-refractivity contribution < 1.29 is 0 Å². The van der Waals surface area contributed by atoms with Crippen molar-refractivity contribution in [3.8, 4) is 0 Å². The summed E-state index contributed by atoms with van der Waals surface area (Å²) in [6, 6.07) is 0. The van der Waals surface area contributed by atoms with E-state index < -0.39 is 0 Å². The van der Waals surface area contributed by atoms with Gasteiger partial charge in [0.25, 0.3) is 0 Å². The standard InChI is InChI=1S/C14H28N2/c1-12(2,3)16-10-8-14(13(16,4)5)7-9-15(6)11-14/h7-11H2,1-6H3. The predicted molar refractivity (Wildman–Crippen MR) is 69.7 cm³/mol. The maximum absolute atomic E-state index is 2.72. The highest BCUT2D eigenvalue weighted by Crippen LogP contribution is 2.52. The van der Waals surface area contributed by atoms with Crippen LogP contribution < -0.4 is 0 Å².